The molecule has 5 nitrogen and oxygen atoms in total. The molecule has 1 amide bonds. The highest BCUT2D eigenvalue weighted by Gasteiger charge is 2.33. The first-order chi connectivity index (χ1) is 10.4. The monoisotopic (exact) mass is 350 g/mol. The van der Waals surface area contributed by atoms with Crippen LogP contribution in [-0.4, -0.2) is 61.7 Å². The molecule has 0 atom stereocenters. The molecule has 1 saturated heterocycles. The van der Waals surface area contributed by atoms with Gasteiger partial charge in [-0.05, 0) is 18.4 Å². The van der Waals surface area contributed by atoms with Gasteiger partial charge in [0.2, 0.25) is 15.9 Å². The Bertz CT molecular complexity index is 639. The van der Waals surface area contributed by atoms with Crippen molar-refractivity contribution >= 4 is 27.7 Å². The zero-order valence-electron chi connectivity index (χ0n) is 12.0. The quantitative estimate of drug-likeness (QED) is 0.818. The summed E-state index contributed by atoms with van der Waals surface area (Å²) in [6.45, 7) is 0.482. The Labute approximate surface area is 132 Å². The summed E-state index contributed by atoms with van der Waals surface area (Å²) in [7, 11) is -4.24. The number of rotatable bonds is 4. The van der Waals surface area contributed by atoms with Crippen LogP contribution in [-0.2, 0) is 14.8 Å². The summed E-state index contributed by atoms with van der Waals surface area (Å²) < 4.78 is 53.1. The van der Waals surface area contributed by atoms with Crippen LogP contribution < -0.4 is 0 Å². The molecule has 1 fully saturated rings. The minimum absolute atomic E-state index is 0.0240. The largest absolute Gasteiger partial charge is 0.339 e. The van der Waals surface area contributed by atoms with Gasteiger partial charge in [-0.15, -0.1) is 0 Å². The van der Waals surface area contributed by atoms with E-state index in [-0.39, 0.29) is 32.1 Å². The van der Waals surface area contributed by atoms with Gasteiger partial charge in [-0.1, -0.05) is 6.07 Å². The molecule has 1 aliphatic rings. The second-order valence-electron chi connectivity index (χ2n) is 4.77. The number of sulfonamides is 1. The molecule has 0 bridgehead atoms. The van der Waals surface area contributed by atoms with E-state index in [2.05, 4.69) is 0 Å². The molecular weight excluding hydrogens is 334 g/mol. The third kappa shape index (κ3) is 3.41. The zero-order chi connectivity index (χ0) is 16.3. The summed E-state index contributed by atoms with van der Waals surface area (Å²) >= 11 is 1.39. The number of nitrogens with zero attached hydrogens (tertiary/aromatic N) is 2. The molecule has 1 heterocycles. The van der Waals surface area contributed by atoms with E-state index in [1.807, 2.05) is 0 Å². The first kappa shape index (κ1) is 17.2. The van der Waals surface area contributed by atoms with Gasteiger partial charge in [0.05, 0.1) is 5.75 Å². The lowest BCUT2D eigenvalue weighted by Gasteiger charge is -2.34. The van der Waals surface area contributed by atoms with Crippen LogP contribution in [0.2, 0.25) is 0 Å². The van der Waals surface area contributed by atoms with Crippen molar-refractivity contribution in [1.29, 1.82) is 0 Å². The predicted molar refractivity (Wildman–Crippen MR) is 80.1 cm³/mol. The zero-order valence-corrected chi connectivity index (χ0v) is 13.6. The molecule has 0 aromatic heterocycles. The number of carbonyl (C=O) groups excluding carboxylic acids is 1. The summed E-state index contributed by atoms with van der Waals surface area (Å²) in [6.07, 6.45) is 1.81. The molecule has 122 valence electrons. The van der Waals surface area contributed by atoms with Crippen molar-refractivity contribution in [2.45, 2.75) is 4.90 Å². The number of thioether (sulfide) groups is 1. The van der Waals surface area contributed by atoms with Gasteiger partial charge in [-0.3, -0.25) is 4.79 Å². The average Bonchev–Trinajstić information content (AvgIpc) is 2.47. The lowest BCUT2D eigenvalue weighted by molar-refractivity contribution is -0.129. The van der Waals surface area contributed by atoms with Crippen LogP contribution in [0, 0.1) is 11.6 Å². The first-order valence-corrected chi connectivity index (χ1v) is 9.42. The molecule has 1 aliphatic heterocycles. The maximum atomic E-state index is 13.7. The molecule has 0 N–H and O–H groups in total. The Kier molecular flexibility index (Phi) is 5.41. The normalized spacial score (nSPS) is 16.8. The number of halogens is 2. The highest BCUT2D eigenvalue weighted by molar-refractivity contribution is 7.99. The molecular formula is C13H16F2N2O3S2. The van der Waals surface area contributed by atoms with Gasteiger partial charge in [0.1, 0.15) is 11.6 Å². The van der Waals surface area contributed by atoms with Crippen molar-refractivity contribution < 1.29 is 22.0 Å². The smallest absolute Gasteiger partial charge is 0.249 e. The molecule has 0 aliphatic carbocycles. The van der Waals surface area contributed by atoms with Gasteiger partial charge in [0.15, 0.2) is 4.90 Å². The molecule has 9 heteroatoms. The van der Waals surface area contributed by atoms with Gasteiger partial charge < -0.3 is 4.90 Å². The van der Waals surface area contributed by atoms with Crippen molar-refractivity contribution in [2.24, 2.45) is 0 Å². The van der Waals surface area contributed by atoms with Crippen LogP contribution in [0.4, 0.5) is 8.78 Å². The van der Waals surface area contributed by atoms with Crippen molar-refractivity contribution in [3.8, 4) is 0 Å². The lowest BCUT2D eigenvalue weighted by Crippen LogP contribution is -2.51. The second kappa shape index (κ2) is 6.93. The topological polar surface area (TPSA) is 57.7 Å². The number of carbonyl (C=O) groups is 1. The standard InChI is InChI=1S/C13H16F2N2O3S2/c1-21-9-12(18)16-5-7-17(8-6-16)22(19,20)13-10(14)3-2-4-11(13)15/h2-4H,5-9H2,1H3. The first-order valence-electron chi connectivity index (χ1n) is 6.59. The van der Waals surface area contributed by atoms with Crippen LogP contribution >= 0.6 is 11.8 Å². The fourth-order valence-corrected chi connectivity index (χ4v) is 4.21. The van der Waals surface area contributed by atoms with Gasteiger partial charge in [0.25, 0.3) is 0 Å². The Hall–Kier alpha value is -1.19. The van der Waals surface area contributed by atoms with E-state index < -0.39 is 26.6 Å². The van der Waals surface area contributed by atoms with Crippen molar-refractivity contribution in [3.63, 3.8) is 0 Å². The average molecular weight is 350 g/mol. The molecule has 0 saturated carbocycles. The summed E-state index contributed by atoms with van der Waals surface area (Å²) in [5.74, 6) is -1.96. The minimum Gasteiger partial charge on any atom is -0.339 e. The van der Waals surface area contributed by atoms with Crippen molar-refractivity contribution in [1.82, 2.24) is 9.21 Å². The van der Waals surface area contributed by atoms with Crippen LogP contribution in [0.3, 0.4) is 0 Å². The number of amides is 1. The van der Waals surface area contributed by atoms with E-state index in [9.17, 15) is 22.0 Å². The van der Waals surface area contributed by atoms with Gasteiger partial charge in [-0.2, -0.15) is 16.1 Å². The Morgan fingerprint density at radius 3 is 2.23 bits per heavy atom. The number of hydrogen-bond donors (Lipinski definition) is 0. The van der Waals surface area contributed by atoms with Crippen LogP contribution in [0.1, 0.15) is 0 Å². The van der Waals surface area contributed by atoms with Crippen LogP contribution in [0.5, 0.6) is 0 Å². The highest BCUT2D eigenvalue weighted by Crippen LogP contribution is 2.23. The molecule has 0 unspecified atom stereocenters. The van der Waals surface area contributed by atoms with E-state index >= 15 is 0 Å². The van der Waals surface area contributed by atoms with Crippen LogP contribution in [0.25, 0.3) is 0 Å². The number of benzene rings is 1. The summed E-state index contributed by atoms with van der Waals surface area (Å²) in [5, 5.41) is 0. The Morgan fingerprint density at radius 2 is 1.73 bits per heavy atom. The van der Waals surface area contributed by atoms with E-state index in [0.29, 0.717) is 5.75 Å². The number of hydrogen-bond acceptors (Lipinski definition) is 4. The molecule has 1 aromatic rings. The maximum Gasteiger partial charge on any atom is 0.249 e. The van der Waals surface area contributed by atoms with E-state index in [1.54, 1.807) is 11.2 Å². The third-order valence-electron chi connectivity index (χ3n) is 3.38. The molecule has 1 aromatic carbocycles. The molecule has 22 heavy (non-hydrogen) atoms. The van der Waals surface area contributed by atoms with E-state index in [4.69, 9.17) is 0 Å². The number of piperazine rings is 1. The predicted octanol–water partition coefficient (Wildman–Crippen LogP) is 1.16. The molecule has 0 radical (unpaired) electrons. The van der Waals surface area contributed by atoms with E-state index in [1.165, 1.54) is 11.8 Å². The van der Waals surface area contributed by atoms with E-state index in [0.717, 1.165) is 22.5 Å². The fourth-order valence-electron chi connectivity index (χ4n) is 2.25. The minimum atomic E-state index is -4.24. The van der Waals surface area contributed by atoms with Gasteiger partial charge in [0, 0.05) is 26.2 Å². The Balaban J connectivity index is 2.15. The fraction of sp³-hybridized carbons (Fsp3) is 0.462. The van der Waals surface area contributed by atoms with Gasteiger partial charge >= 0.3 is 0 Å². The highest BCUT2D eigenvalue weighted by atomic mass is 32.2. The SMILES string of the molecule is CSCC(=O)N1CCN(S(=O)(=O)c2c(F)cccc2F)CC1. The Morgan fingerprint density at radius 1 is 1.18 bits per heavy atom. The lowest BCUT2D eigenvalue weighted by atomic mass is 10.3. The molecule has 2 rings (SSSR count). The summed E-state index contributed by atoms with van der Waals surface area (Å²) in [6, 6.07) is 2.94. The van der Waals surface area contributed by atoms with Crippen LogP contribution in [0.15, 0.2) is 23.1 Å². The van der Waals surface area contributed by atoms with Crippen molar-refractivity contribution in [3.05, 3.63) is 29.8 Å². The van der Waals surface area contributed by atoms with Gasteiger partial charge in [-0.25, -0.2) is 17.2 Å². The second-order valence-corrected chi connectivity index (χ2v) is 7.51. The summed E-state index contributed by atoms with van der Waals surface area (Å²) in [5.41, 5.74) is 0. The summed E-state index contributed by atoms with van der Waals surface area (Å²) in [4.78, 5) is 12.4. The van der Waals surface area contributed by atoms with Crippen molar-refractivity contribution in [2.75, 3.05) is 38.2 Å². The maximum absolute atomic E-state index is 13.7. The molecule has 0 spiro atoms. The third-order valence-corrected chi connectivity index (χ3v) is 5.86.